The molecule has 8 nitrogen and oxygen atoms in total. The highest BCUT2D eigenvalue weighted by molar-refractivity contribution is 7.93. The largest absolute Gasteiger partial charge is 0.497 e. The van der Waals surface area contributed by atoms with Crippen molar-refractivity contribution < 1.29 is 27.4 Å². The van der Waals surface area contributed by atoms with Crippen molar-refractivity contribution in [1.29, 1.82) is 0 Å². The molecule has 0 heterocycles. The predicted molar refractivity (Wildman–Crippen MR) is 135 cm³/mol. The Morgan fingerprint density at radius 2 is 1.63 bits per heavy atom. The number of sulfonamides is 1. The van der Waals surface area contributed by atoms with E-state index < -0.39 is 28.5 Å². The standard InChI is InChI=1S/C26H30N2O6S/c1-18-13-14-24(34-5)25(15-18)35(30,31)28(20-9-8-10-21(16-20)32-3)17-26(29)27-19(2)22-11-6-7-12-23(22)33-4/h6-16,19H,17H2,1-5H3,(H,27,29)/t19-/m0/s1. The fourth-order valence-corrected chi connectivity index (χ4v) is 5.36. The van der Waals surface area contributed by atoms with Crippen molar-refractivity contribution in [2.24, 2.45) is 0 Å². The van der Waals surface area contributed by atoms with Crippen LogP contribution in [0.2, 0.25) is 0 Å². The minimum atomic E-state index is -4.19. The maximum absolute atomic E-state index is 13.9. The Labute approximate surface area is 206 Å². The predicted octanol–water partition coefficient (Wildman–Crippen LogP) is 4.09. The Morgan fingerprint density at radius 3 is 2.31 bits per heavy atom. The second-order valence-corrected chi connectivity index (χ2v) is 9.73. The number of rotatable bonds is 10. The minimum Gasteiger partial charge on any atom is -0.497 e. The molecule has 0 aliphatic rings. The van der Waals surface area contributed by atoms with Gasteiger partial charge in [0.15, 0.2) is 0 Å². The molecule has 0 aliphatic heterocycles. The molecule has 1 amide bonds. The van der Waals surface area contributed by atoms with Crippen LogP contribution in [0.1, 0.15) is 24.1 Å². The van der Waals surface area contributed by atoms with Gasteiger partial charge in [0.1, 0.15) is 28.7 Å². The van der Waals surface area contributed by atoms with Crippen LogP contribution in [-0.2, 0) is 14.8 Å². The van der Waals surface area contributed by atoms with Gasteiger partial charge in [-0.25, -0.2) is 8.42 Å². The van der Waals surface area contributed by atoms with E-state index in [1.54, 1.807) is 56.5 Å². The lowest BCUT2D eigenvalue weighted by Gasteiger charge is -2.26. The Hall–Kier alpha value is -3.72. The normalized spacial score (nSPS) is 11.9. The van der Waals surface area contributed by atoms with Crippen LogP contribution in [0.25, 0.3) is 0 Å². The first-order valence-corrected chi connectivity index (χ1v) is 12.4. The van der Waals surface area contributed by atoms with Crippen LogP contribution in [0.5, 0.6) is 17.2 Å². The number of hydrogen-bond acceptors (Lipinski definition) is 6. The fourth-order valence-electron chi connectivity index (χ4n) is 3.70. The van der Waals surface area contributed by atoms with Gasteiger partial charge < -0.3 is 19.5 Å². The maximum atomic E-state index is 13.9. The summed E-state index contributed by atoms with van der Waals surface area (Å²) in [6, 6.07) is 18.3. The molecular weight excluding hydrogens is 468 g/mol. The average Bonchev–Trinajstić information content (AvgIpc) is 2.87. The number of carbonyl (C=O) groups excluding carboxylic acids is 1. The van der Waals surface area contributed by atoms with Crippen LogP contribution in [0.4, 0.5) is 5.69 Å². The molecule has 0 aromatic heterocycles. The highest BCUT2D eigenvalue weighted by atomic mass is 32.2. The number of nitrogens with one attached hydrogen (secondary N) is 1. The van der Waals surface area contributed by atoms with Gasteiger partial charge in [-0.1, -0.05) is 30.3 Å². The fraction of sp³-hybridized carbons (Fsp3) is 0.269. The van der Waals surface area contributed by atoms with E-state index in [2.05, 4.69) is 5.32 Å². The number of hydrogen-bond donors (Lipinski definition) is 1. The number of amides is 1. The summed E-state index contributed by atoms with van der Waals surface area (Å²) in [5, 5.41) is 2.88. The number of nitrogens with zero attached hydrogens (tertiary/aromatic N) is 1. The van der Waals surface area contributed by atoms with Crippen molar-refractivity contribution in [1.82, 2.24) is 5.32 Å². The topological polar surface area (TPSA) is 94.2 Å². The Morgan fingerprint density at radius 1 is 0.914 bits per heavy atom. The molecule has 0 fully saturated rings. The van der Waals surface area contributed by atoms with E-state index in [-0.39, 0.29) is 16.3 Å². The number of ether oxygens (including phenoxy) is 3. The van der Waals surface area contributed by atoms with Crippen molar-refractivity contribution in [3.63, 3.8) is 0 Å². The first-order valence-electron chi connectivity index (χ1n) is 10.9. The lowest BCUT2D eigenvalue weighted by atomic mass is 10.1. The SMILES string of the molecule is COc1cccc(N(CC(=O)N[C@@H](C)c2ccccc2OC)S(=O)(=O)c2cc(C)ccc2OC)c1. The number of benzene rings is 3. The zero-order valence-corrected chi connectivity index (χ0v) is 21.3. The Kier molecular flexibility index (Phi) is 8.24. The molecule has 0 bridgehead atoms. The third-order valence-electron chi connectivity index (χ3n) is 5.50. The number of carbonyl (C=O) groups is 1. The van der Waals surface area contributed by atoms with Crippen LogP contribution in [0.15, 0.2) is 71.6 Å². The molecule has 3 aromatic carbocycles. The van der Waals surface area contributed by atoms with Crippen LogP contribution >= 0.6 is 0 Å². The van der Waals surface area contributed by atoms with E-state index in [0.717, 1.165) is 15.4 Å². The average molecular weight is 499 g/mol. The molecule has 0 saturated heterocycles. The van der Waals surface area contributed by atoms with Gasteiger partial charge in [-0.15, -0.1) is 0 Å². The third kappa shape index (κ3) is 5.86. The van der Waals surface area contributed by atoms with Gasteiger partial charge in [0.25, 0.3) is 10.0 Å². The van der Waals surface area contributed by atoms with Crippen molar-refractivity contribution in [3.05, 3.63) is 77.9 Å². The first-order chi connectivity index (χ1) is 16.7. The second kappa shape index (κ2) is 11.1. The third-order valence-corrected chi connectivity index (χ3v) is 7.29. The van der Waals surface area contributed by atoms with Crippen molar-refractivity contribution in [2.75, 3.05) is 32.2 Å². The second-order valence-electron chi connectivity index (χ2n) is 7.90. The van der Waals surface area contributed by atoms with Crippen LogP contribution < -0.4 is 23.8 Å². The van der Waals surface area contributed by atoms with E-state index in [1.165, 1.54) is 20.3 Å². The van der Waals surface area contributed by atoms with Gasteiger partial charge >= 0.3 is 0 Å². The van der Waals surface area contributed by atoms with E-state index in [1.807, 2.05) is 25.1 Å². The van der Waals surface area contributed by atoms with Crippen LogP contribution in [0.3, 0.4) is 0 Å². The van der Waals surface area contributed by atoms with E-state index in [9.17, 15) is 13.2 Å². The molecule has 0 unspecified atom stereocenters. The maximum Gasteiger partial charge on any atom is 0.268 e. The smallest absolute Gasteiger partial charge is 0.268 e. The molecule has 3 rings (SSSR count). The zero-order chi connectivity index (χ0) is 25.6. The summed E-state index contributed by atoms with van der Waals surface area (Å²) < 4.78 is 44.8. The first kappa shape index (κ1) is 25.9. The lowest BCUT2D eigenvalue weighted by Crippen LogP contribution is -2.41. The van der Waals surface area contributed by atoms with Crippen molar-refractivity contribution >= 4 is 21.6 Å². The minimum absolute atomic E-state index is 0.0339. The summed E-state index contributed by atoms with van der Waals surface area (Å²) in [4.78, 5) is 13.1. The summed E-state index contributed by atoms with van der Waals surface area (Å²) in [6.45, 7) is 3.14. The summed E-state index contributed by atoms with van der Waals surface area (Å²) >= 11 is 0. The molecule has 0 spiro atoms. The molecule has 0 aliphatic carbocycles. The lowest BCUT2D eigenvalue weighted by molar-refractivity contribution is -0.120. The number of methoxy groups -OCH3 is 3. The molecule has 186 valence electrons. The van der Waals surface area contributed by atoms with Gasteiger partial charge in [0.05, 0.1) is 33.1 Å². The van der Waals surface area contributed by atoms with Gasteiger partial charge in [0, 0.05) is 11.6 Å². The summed E-state index contributed by atoms with van der Waals surface area (Å²) in [7, 11) is 0.263. The van der Waals surface area contributed by atoms with Crippen molar-refractivity contribution in [3.8, 4) is 17.2 Å². The quantitative estimate of drug-likeness (QED) is 0.452. The molecular formula is C26H30N2O6S. The van der Waals surface area contributed by atoms with Crippen molar-refractivity contribution in [2.45, 2.75) is 24.8 Å². The summed E-state index contributed by atoms with van der Waals surface area (Å²) in [5.74, 6) is 0.788. The highest BCUT2D eigenvalue weighted by Crippen LogP contribution is 2.32. The number of anilines is 1. The van der Waals surface area contributed by atoms with E-state index in [0.29, 0.717) is 11.5 Å². The number of para-hydroxylation sites is 1. The molecule has 0 saturated carbocycles. The van der Waals surface area contributed by atoms with Gasteiger partial charge in [-0.2, -0.15) is 0 Å². The van der Waals surface area contributed by atoms with Crippen LogP contribution in [0, 0.1) is 6.92 Å². The van der Waals surface area contributed by atoms with E-state index >= 15 is 0 Å². The molecule has 35 heavy (non-hydrogen) atoms. The summed E-state index contributed by atoms with van der Waals surface area (Å²) in [6.07, 6.45) is 0. The monoisotopic (exact) mass is 498 g/mol. The van der Waals surface area contributed by atoms with Gasteiger partial charge in [-0.3, -0.25) is 9.10 Å². The zero-order valence-electron chi connectivity index (χ0n) is 20.4. The number of aryl methyl sites for hydroxylation is 1. The Bertz CT molecular complexity index is 1290. The molecule has 1 atom stereocenters. The van der Waals surface area contributed by atoms with E-state index in [4.69, 9.17) is 14.2 Å². The molecule has 3 aromatic rings. The molecule has 9 heteroatoms. The Balaban J connectivity index is 2.00. The molecule has 0 radical (unpaired) electrons. The van der Waals surface area contributed by atoms with Gasteiger partial charge in [-0.05, 0) is 49.7 Å². The van der Waals surface area contributed by atoms with Gasteiger partial charge in [0.2, 0.25) is 5.91 Å². The summed E-state index contributed by atoms with van der Waals surface area (Å²) in [5.41, 5.74) is 1.80. The van der Waals surface area contributed by atoms with Crippen LogP contribution in [-0.4, -0.2) is 42.2 Å². The molecule has 1 N–H and O–H groups in total. The highest BCUT2D eigenvalue weighted by Gasteiger charge is 2.31.